The molecule has 1 aliphatic heterocycles. The molecule has 2 rings (SSSR count). The van der Waals surface area contributed by atoms with Crippen molar-refractivity contribution in [3.8, 4) is 0 Å². The van der Waals surface area contributed by atoms with E-state index in [0.717, 1.165) is 43.8 Å². The monoisotopic (exact) mass is 317 g/mol. The standard InChI is InChI=1S/C13H23N3O2S2/c1-2-7-14-11-12-13(6-10-19-12)20(17,18)15-16-8-4-3-5-9-16/h6,10,14-15H,2-5,7-9,11H2,1H3. The van der Waals surface area contributed by atoms with E-state index in [4.69, 9.17) is 0 Å². The van der Waals surface area contributed by atoms with Gasteiger partial charge in [0.25, 0.3) is 10.0 Å². The molecule has 0 amide bonds. The molecular weight excluding hydrogens is 294 g/mol. The Morgan fingerprint density at radius 1 is 1.30 bits per heavy atom. The zero-order valence-corrected chi connectivity index (χ0v) is 13.5. The van der Waals surface area contributed by atoms with Gasteiger partial charge in [0.05, 0.1) is 4.90 Å². The molecule has 1 aromatic heterocycles. The Morgan fingerprint density at radius 3 is 2.75 bits per heavy atom. The number of thiophene rings is 1. The average molecular weight is 317 g/mol. The van der Waals surface area contributed by atoms with Gasteiger partial charge < -0.3 is 5.32 Å². The van der Waals surface area contributed by atoms with Crippen LogP contribution in [0.3, 0.4) is 0 Å². The molecule has 0 spiro atoms. The first-order chi connectivity index (χ1) is 9.63. The third-order valence-electron chi connectivity index (χ3n) is 3.31. The van der Waals surface area contributed by atoms with Crippen molar-refractivity contribution in [2.24, 2.45) is 0 Å². The molecule has 0 atom stereocenters. The molecule has 1 aliphatic rings. The highest BCUT2D eigenvalue weighted by Crippen LogP contribution is 2.22. The fourth-order valence-electron chi connectivity index (χ4n) is 2.28. The van der Waals surface area contributed by atoms with Gasteiger partial charge in [0.1, 0.15) is 0 Å². The second kappa shape index (κ2) is 7.51. The third kappa shape index (κ3) is 4.26. The van der Waals surface area contributed by atoms with E-state index >= 15 is 0 Å². The minimum atomic E-state index is -3.44. The van der Waals surface area contributed by atoms with Crippen LogP contribution in [-0.2, 0) is 16.6 Å². The Kier molecular flexibility index (Phi) is 5.98. The Bertz CT molecular complexity index is 507. The lowest BCUT2D eigenvalue weighted by Gasteiger charge is -2.26. The highest BCUT2D eigenvalue weighted by molar-refractivity contribution is 7.89. The maximum atomic E-state index is 12.4. The van der Waals surface area contributed by atoms with Crippen LogP contribution in [0, 0.1) is 0 Å². The zero-order chi connectivity index (χ0) is 14.4. The topological polar surface area (TPSA) is 61.4 Å². The predicted octanol–water partition coefficient (Wildman–Crippen LogP) is 1.93. The van der Waals surface area contributed by atoms with Gasteiger partial charge in [-0.15, -0.1) is 16.2 Å². The van der Waals surface area contributed by atoms with Crippen LogP contribution in [0.2, 0.25) is 0 Å². The quantitative estimate of drug-likeness (QED) is 0.754. The number of sulfonamides is 1. The van der Waals surface area contributed by atoms with Crippen LogP contribution in [0.15, 0.2) is 16.3 Å². The van der Waals surface area contributed by atoms with Crippen LogP contribution in [-0.4, -0.2) is 33.1 Å². The summed E-state index contributed by atoms with van der Waals surface area (Å²) in [6.07, 6.45) is 4.33. The van der Waals surface area contributed by atoms with Gasteiger partial charge in [0.2, 0.25) is 0 Å². The molecule has 0 aliphatic carbocycles. The molecule has 114 valence electrons. The molecule has 0 aromatic carbocycles. The van der Waals surface area contributed by atoms with Crippen molar-refractivity contribution >= 4 is 21.4 Å². The molecule has 20 heavy (non-hydrogen) atoms. The molecule has 1 saturated heterocycles. The number of nitrogens with zero attached hydrogens (tertiary/aromatic N) is 1. The average Bonchev–Trinajstić information content (AvgIpc) is 2.89. The Morgan fingerprint density at radius 2 is 2.05 bits per heavy atom. The van der Waals surface area contributed by atoms with E-state index in [-0.39, 0.29) is 0 Å². The number of hydrogen-bond donors (Lipinski definition) is 2. The van der Waals surface area contributed by atoms with E-state index in [2.05, 4.69) is 17.1 Å². The summed E-state index contributed by atoms with van der Waals surface area (Å²) in [6, 6.07) is 1.69. The highest BCUT2D eigenvalue weighted by Gasteiger charge is 2.23. The molecule has 0 unspecified atom stereocenters. The number of rotatable bonds is 7. The summed E-state index contributed by atoms with van der Waals surface area (Å²) in [5.74, 6) is 0. The molecule has 2 heterocycles. The Labute approximate surface area is 125 Å². The van der Waals surface area contributed by atoms with E-state index in [1.165, 1.54) is 17.8 Å². The van der Waals surface area contributed by atoms with Gasteiger partial charge in [0, 0.05) is 24.5 Å². The van der Waals surface area contributed by atoms with Crippen molar-refractivity contribution in [1.82, 2.24) is 15.2 Å². The molecule has 2 N–H and O–H groups in total. The van der Waals surface area contributed by atoms with Gasteiger partial charge >= 0.3 is 0 Å². The van der Waals surface area contributed by atoms with Gasteiger partial charge in [-0.25, -0.2) is 13.4 Å². The van der Waals surface area contributed by atoms with Crippen molar-refractivity contribution in [2.45, 2.75) is 44.0 Å². The second-order valence-corrected chi connectivity index (χ2v) is 7.66. The lowest BCUT2D eigenvalue weighted by atomic mass is 10.2. The van der Waals surface area contributed by atoms with Gasteiger partial charge in [-0.2, -0.15) is 0 Å². The Hall–Kier alpha value is -0.470. The number of piperidine rings is 1. The van der Waals surface area contributed by atoms with E-state index in [1.54, 1.807) is 6.07 Å². The van der Waals surface area contributed by atoms with Crippen molar-refractivity contribution < 1.29 is 8.42 Å². The maximum Gasteiger partial charge on any atom is 0.254 e. The molecule has 0 saturated carbocycles. The van der Waals surface area contributed by atoms with Gasteiger partial charge in [0.15, 0.2) is 0 Å². The molecule has 5 nitrogen and oxygen atoms in total. The first kappa shape index (κ1) is 15.9. The summed E-state index contributed by atoms with van der Waals surface area (Å²) in [5.41, 5.74) is 0. The lowest BCUT2D eigenvalue weighted by Crippen LogP contribution is -2.45. The molecule has 1 fully saturated rings. The van der Waals surface area contributed by atoms with Crippen LogP contribution < -0.4 is 10.1 Å². The maximum absolute atomic E-state index is 12.4. The van der Waals surface area contributed by atoms with Gasteiger partial charge in [-0.05, 0) is 37.3 Å². The number of hydrazine groups is 1. The van der Waals surface area contributed by atoms with Crippen molar-refractivity contribution in [3.63, 3.8) is 0 Å². The summed E-state index contributed by atoms with van der Waals surface area (Å²) in [5, 5.41) is 6.92. The lowest BCUT2D eigenvalue weighted by molar-refractivity contribution is 0.200. The van der Waals surface area contributed by atoms with E-state index in [1.807, 2.05) is 10.4 Å². The van der Waals surface area contributed by atoms with Crippen LogP contribution in [0.4, 0.5) is 0 Å². The summed E-state index contributed by atoms with van der Waals surface area (Å²) >= 11 is 1.49. The van der Waals surface area contributed by atoms with Crippen LogP contribution >= 0.6 is 11.3 Å². The molecule has 0 radical (unpaired) electrons. The molecular formula is C13H23N3O2S2. The normalized spacial score (nSPS) is 17.4. The van der Waals surface area contributed by atoms with E-state index in [9.17, 15) is 8.42 Å². The highest BCUT2D eigenvalue weighted by atomic mass is 32.2. The molecule has 1 aromatic rings. The fourth-order valence-corrected chi connectivity index (χ4v) is 4.82. The minimum absolute atomic E-state index is 0.414. The summed E-state index contributed by atoms with van der Waals surface area (Å²) < 4.78 is 24.9. The first-order valence-corrected chi connectivity index (χ1v) is 9.54. The number of hydrogen-bond acceptors (Lipinski definition) is 5. The molecule has 0 bridgehead atoms. The van der Waals surface area contributed by atoms with Crippen LogP contribution in [0.1, 0.15) is 37.5 Å². The van der Waals surface area contributed by atoms with E-state index < -0.39 is 10.0 Å². The minimum Gasteiger partial charge on any atom is -0.312 e. The van der Waals surface area contributed by atoms with Crippen molar-refractivity contribution in [1.29, 1.82) is 0 Å². The molecule has 7 heteroatoms. The van der Waals surface area contributed by atoms with Gasteiger partial charge in [-0.1, -0.05) is 13.3 Å². The second-order valence-electron chi connectivity index (χ2n) is 5.03. The summed E-state index contributed by atoms with van der Waals surface area (Å²) in [4.78, 5) is 4.00. The zero-order valence-electron chi connectivity index (χ0n) is 11.9. The predicted molar refractivity (Wildman–Crippen MR) is 82.1 cm³/mol. The summed E-state index contributed by atoms with van der Waals surface area (Å²) in [6.45, 7) is 5.20. The fraction of sp³-hybridized carbons (Fsp3) is 0.692. The van der Waals surface area contributed by atoms with Crippen molar-refractivity contribution in [3.05, 3.63) is 16.3 Å². The van der Waals surface area contributed by atoms with Crippen LogP contribution in [0.25, 0.3) is 0 Å². The number of nitrogens with one attached hydrogen (secondary N) is 2. The van der Waals surface area contributed by atoms with Crippen molar-refractivity contribution in [2.75, 3.05) is 19.6 Å². The SMILES string of the molecule is CCCNCc1sccc1S(=O)(=O)NN1CCCCC1. The largest absolute Gasteiger partial charge is 0.312 e. The van der Waals surface area contributed by atoms with Gasteiger partial charge in [-0.3, -0.25) is 0 Å². The first-order valence-electron chi connectivity index (χ1n) is 7.18. The smallest absolute Gasteiger partial charge is 0.254 e. The van der Waals surface area contributed by atoms with Crippen LogP contribution in [0.5, 0.6) is 0 Å². The van der Waals surface area contributed by atoms with E-state index in [0.29, 0.717) is 11.4 Å². The third-order valence-corrected chi connectivity index (χ3v) is 5.82. The summed E-state index contributed by atoms with van der Waals surface area (Å²) in [7, 11) is -3.44. The Balaban J connectivity index is 2.03.